The number of halogens is 3. The normalized spacial score (nSPS) is 4.67. The van der Waals surface area contributed by atoms with Gasteiger partial charge in [0.15, 0.2) is 4.30 Å². The van der Waals surface area contributed by atoms with Gasteiger partial charge < -0.3 is 16.1 Å². The Morgan fingerprint density at radius 3 is 1.00 bits per heavy atom. The smallest absolute Gasteiger partial charge is 0.870 e. The van der Waals surface area contributed by atoms with Gasteiger partial charge in [0.2, 0.25) is 0 Å². The number of alkyl halides is 3. The van der Waals surface area contributed by atoms with Gasteiger partial charge in [-0.1, -0.05) is 34.8 Å². The largest absolute Gasteiger partial charge is 2.00 e. The summed E-state index contributed by atoms with van der Waals surface area (Å²) >= 11 is 14.4. The van der Waals surface area contributed by atoms with Crippen LogP contribution in [0.2, 0.25) is 0 Å². The van der Waals surface area contributed by atoms with Crippen LogP contribution in [0, 0.1) is 0 Å². The Morgan fingerprint density at radius 2 is 1.00 bits per heavy atom. The number of aliphatic hydroxyl groups excluding tert-OH is 1. The number of hydrogen-bond acceptors (Lipinski definition) is 3. The van der Waals surface area contributed by atoms with Crippen LogP contribution >= 0.6 is 34.8 Å². The van der Waals surface area contributed by atoms with Crippen molar-refractivity contribution in [2.24, 2.45) is 0 Å². The van der Waals surface area contributed by atoms with Crippen LogP contribution in [-0.4, -0.2) is 76.3 Å². The molecule has 0 aliphatic carbocycles. The van der Waals surface area contributed by atoms with E-state index in [1.807, 2.05) is 0 Å². The third kappa shape index (κ3) is 133. The van der Waals surface area contributed by atoms with E-state index in [0.29, 0.717) is 0 Å². The van der Waals surface area contributed by atoms with E-state index in [4.69, 9.17) is 39.9 Å². The zero-order chi connectivity index (χ0) is 5.58. The van der Waals surface area contributed by atoms with E-state index in [2.05, 4.69) is 0 Å². The standard InChI is InChI=1S/CHCl3.CH4O.Ba.2H2O/c2-1(3)4;1-2;;;/h1H;2H,1H3;;2*1H2/q;;+2;;/p-2. The summed E-state index contributed by atoms with van der Waals surface area (Å²) in [6.07, 6.45) is 0. The monoisotopic (exact) mass is 322 g/mol. The van der Waals surface area contributed by atoms with Crippen molar-refractivity contribution in [3.63, 3.8) is 0 Å². The minimum absolute atomic E-state index is 0. The van der Waals surface area contributed by atoms with Crippen LogP contribution in [0.25, 0.3) is 0 Å². The fourth-order valence-electron chi connectivity index (χ4n) is 0. The van der Waals surface area contributed by atoms with E-state index in [1.54, 1.807) is 0 Å². The number of aliphatic hydroxyl groups is 1. The van der Waals surface area contributed by atoms with Gasteiger partial charge in [-0.05, 0) is 0 Å². The van der Waals surface area contributed by atoms with Crippen LogP contribution in [0.4, 0.5) is 0 Å². The third-order valence-corrected chi connectivity index (χ3v) is 0. The average Bonchev–Trinajstić information content (AvgIpc) is 1.41. The molecule has 3 nitrogen and oxygen atoms in total. The molecule has 0 saturated heterocycles. The van der Waals surface area contributed by atoms with E-state index in [1.165, 1.54) is 0 Å². The van der Waals surface area contributed by atoms with E-state index in [9.17, 15) is 0 Å². The summed E-state index contributed by atoms with van der Waals surface area (Å²) in [5.74, 6) is 0. The summed E-state index contributed by atoms with van der Waals surface area (Å²) in [5.41, 5.74) is 0. The zero-order valence-corrected chi connectivity index (χ0v) is 11.5. The molecule has 0 fully saturated rings. The second-order valence-electron chi connectivity index (χ2n) is 0.247. The van der Waals surface area contributed by atoms with Crippen molar-refractivity contribution >= 4 is 83.7 Å². The molecule has 0 spiro atoms. The molecule has 0 amide bonds. The van der Waals surface area contributed by atoms with Gasteiger partial charge >= 0.3 is 48.9 Å². The molecule has 3 N–H and O–H groups in total. The van der Waals surface area contributed by atoms with Crippen LogP contribution in [-0.2, 0) is 0 Å². The molecule has 0 heterocycles. The van der Waals surface area contributed by atoms with Gasteiger partial charge in [0, 0.05) is 7.11 Å². The Bertz CT molecular complexity index is 21.8. The van der Waals surface area contributed by atoms with Gasteiger partial charge in [0.25, 0.3) is 0 Å². The molecule has 0 aliphatic heterocycles. The molecule has 0 rings (SSSR count). The Hall–Kier alpha value is 2.32. The number of hydrogen-bond donors (Lipinski definition) is 1. The molecular formula is C2H7BaCl3O3. The molecule has 0 aliphatic rings. The van der Waals surface area contributed by atoms with E-state index in [-0.39, 0.29) is 59.8 Å². The Kier molecular flexibility index (Phi) is 106. The minimum Gasteiger partial charge on any atom is -0.870 e. The van der Waals surface area contributed by atoms with Gasteiger partial charge in [-0.25, -0.2) is 0 Å². The Balaban J connectivity index is -0.00000000990. The van der Waals surface area contributed by atoms with Crippen molar-refractivity contribution in [1.82, 2.24) is 0 Å². The van der Waals surface area contributed by atoms with Crippen molar-refractivity contribution in [2.45, 2.75) is 4.30 Å². The maximum atomic E-state index is 7.00. The van der Waals surface area contributed by atoms with E-state index in [0.717, 1.165) is 7.11 Å². The van der Waals surface area contributed by atoms with Gasteiger partial charge in [0.05, 0.1) is 0 Å². The maximum Gasteiger partial charge on any atom is 2.00 e. The van der Waals surface area contributed by atoms with Crippen molar-refractivity contribution < 1.29 is 16.1 Å². The second-order valence-corrected chi connectivity index (χ2v) is 2.23. The molecular weight excluding hydrogens is 316 g/mol. The SMILES string of the molecule is CO.ClC(Cl)Cl.[Ba+2].[OH-].[OH-]. The molecule has 0 aromatic heterocycles. The molecule has 0 saturated carbocycles. The first-order valence-corrected chi connectivity index (χ1v) is 2.41. The van der Waals surface area contributed by atoms with Crippen molar-refractivity contribution in [3.05, 3.63) is 0 Å². The average molecular weight is 323 g/mol. The summed E-state index contributed by atoms with van der Waals surface area (Å²) in [5, 5.41) is 7.00. The predicted molar refractivity (Wildman–Crippen MR) is 39.1 cm³/mol. The molecule has 0 aromatic rings. The molecule has 7 heteroatoms. The Labute approximate surface area is 109 Å². The first-order chi connectivity index (χ1) is 2.73. The summed E-state index contributed by atoms with van der Waals surface area (Å²) in [4.78, 5) is 0. The van der Waals surface area contributed by atoms with Crippen molar-refractivity contribution in [1.29, 1.82) is 0 Å². The topological polar surface area (TPSA) is 80.2 Å². The predicted octanol–water partition coefficient (Wildman–Crippen LogP) is 0.861. The fourth-order valence-corrected chi connectivity index (χ4v) is 0. The molecule has 0 atom stereocenters. The van der Waals surface area contributed by atoms with Crippen LogP contribution in [0.5, 0.6) is 0 Å². The van der Waals surface area contributed by atoms with Crippen LogP contribution in [0.1, 0.15) is 0 Å². The molecule has 0 unspecified atom stereocenters. The molecule has 0 radical (unpaired) electrons. The summed E-state index contributed by atoms with van der Waals surface area (Å²) in [7, 11) is 1.00. The second kappa shape index (κ2) is 31.7. The van der Waals surface area contributed by atoms with Crippen molar-refractivity contribution in [2.75, 3.05) is 7.11 Å². The Morgan fingerprint density at radius 1 is 1.00 bits per heavy atom. The number of rotatable bonds is 0. The van der Waals surface area contributed by atoms with Gasteiger partial charge in [-0.15, -0.1) is 0 Å². The summed E-state index contributed by atoms with van der Waals surface area (Å²) in [6, 6.07) is 0. The first kappa shape index (κ1) is 30.2. The van der Waals surface area contributed by atoms with Crippen LogP contribution in [0.3, 0.4) is 0 Å². The minimum atomic E-state index is -0.750. The zero-order valence-electron chi connectivity index (χ0n) is 4.76. The van der Waals surface area contributed by atoms with E-state index >= 15 is 0 Å². The first-order valence-electron chi connectivity index (χ1n) is 1.10. The van der Waals surface area contributed by atoms with Crippen molar-refractivity contribution in [3.8, 4) is 0 Å². The third-order valence-electron chi connectivity index (χ3n) is 0. The summed E-state index contributed by atoms with van der Waals surface area (Å²) in [6.45, 7) is 0. The summed E-state index contributed by atoms with van der Waals surface area (Å²) < 4.78 is -0.750. The van der Waals surface area contributed by atoms with Gasteiger partial charge in [-0.3, -0.25) is 0 Å². The van der Waals surface area contributed by atoms with Crippen LogP contribution < -0.4 is 0 Å². The molecule has 0 bridgehead atoms. The van der Waals surface area contributed by atoms with Gasteiger partial charge in [-0.2, -0.15) is 0 Å². The fraction of sp³-hybridized carbons (Fsp3) is 1.00. The maximum absolute atomic E-state index is 7.00. The van der Waals surface area contributed by atoms with Gasteiger partial charge in [0.1, 0.15) is 0 Å². The quantitative estimate of drug-likeness (QED) is 0.530. The molecule has 0 aromatic carbocycles. The van der Waals surface area contributed by atoms with E-state index < -0.39 is 4.30 Å². The van der Waals surface area contributed by atoms with Crippen LogP contribution in [0.15, 0.2) is 0 Å². The molecule has 56 valence electrons. The molecule has 9 heavy (non-hydrogen) atoms.